The molecule has 5 heteroatoms. The van der Waals surface area contributed by atoms with Crippen LogP contribution in [0.25, 0.3) is 4.96 Å². The van der Waals surface area contributed by atoms with Crippen molar-refractivity contribution in [2.75, 3.05) is 12.4 Å². The Labute approximate surface area is 123 Å². The summed E-state index contributed by atoms with van der Waals surface area (Å²) in [6, 6.07) is 0. The second-order valence-corrected chi connectivity index (χ2v) is 6.76. The molecule has 0 amide bonds. The molecule has 1 N–H and O–H groups in total. The number of fused-ring (bicyclic) bond motifs is 1. The maximum Gasteiger partial charge on any atom is 0.193 e. The van der Waals surface area contributed by atoms with E-state index in [1.807, 2.05) is 0 Å². The summed E-state index contributed by atoms with van der Waals surface area (Å²) in [5.74, 6) is 0.776. The lowest BCUT2D eigenvalue weighted by molar-refractivity contribution is 0.212. The van der Waals surface area contributed by atoms with Gasteiger partial charge in [-0.3, -0.25) is 4.40 Å². The molecule has 104 valence electrons. The van der Waals surface area contributed by atoms with Crippen molar-refractivity contribution in [1.29, 1.82) is 0 Å². The number of aromatic nitrogens is 2. The quantitative estimate of drug-likeness (QED) is 0.853. The molecular weight excluding hydrogens is 278 g/mol. The third-order valence-electron chi connectivity index (χ3n) is 4.15. The third-order valence-corrected chi connectivity index (χ3v) is 5.48. The van der Waals surface area contributed by atoms with Crippen molar-refractivity contribution in [3.63, 3.8) is 0 Å². The van der Waals surface area contributed by atoms with Crippen LogP contribution in [-0.2, 0) is 6.54 Å². The lowest BCUT2D eigenvalue weighted by atomic mass is 9.75. The Morgan fingerprint density at radius 1 is 1.37 bits per heavy atom. The van der Waals surface area contributed by atoms with Crippen LogP contribution in [0.4, 0.5) is 0 Å². The van der Waals surface area contributed by atoms with Gasteiger partial charge in [-0.05, 0) is 18.3 Å². The second kappa shape index (κ2) is 5.81. The van der Waals surface area contributed by atoms with Gasteiger partial charge < -0.3 is 5.32 Å². The molecule has 2 aromatic heterocycles. The summed E-state index contributed by atoms with van der Waals surface area (Å²) in [5, 5.41) is 5.62. The van der Waals surface area contributed by atoms with Crippen molar-refractivity contribution >= 4 is 27.9 Å². The summed E-state index contributed by atoms with van der Waals surface area (Å²) in [6.07, 6.45) is 10.7. The molecule has 1 fully saturated rings. The van der Waals surface area contributed by atoms with Crippen molar-refractivity contribution in [1.82, 2.24) is 14.7 Å². The number of hydrogen-bond donors (Lipinski definition) is 1. The highest BCUT2D eigenvalue weighted by molar-refractivity contribution is 7.15. The number of halogens is 1. The van der Waals surface area contributed by atoms with Gasteiger partial charge >= 0.3 is 0 Å². The molecule has 0 saturated heterocycles. The molecule has 0 aliphatic heterocycles. The van der Waals surface area contributed by atoms with Gasteiger partial charge in [-0.1, -0.05) is 19.3 Å². The Bertz CT molecular complexity index is 499. The van der Waals surface area contributed by atoms with E-state index in [1.54, 1.807) is 11.3 Å². The predicted molar refractivity (Wildman–Crippen MR) is 81.0 cm³/mol. The number of hydrogen-bond acceptors (Lipinski definition) is 3. The first-order valence-electron chi connectivity index (χ1n) is 6.99. The van der Waals surface area contributed by atoms with Crippen LogP contribution in [0.15, 0.2) is 17.8 Å². The van der Waals surface area contributed by atoms with Crippen LogP contribution in [0.2, 0.25) is 0 Å². The molecule has 0 bridgehead atoms. The van der Waals surface area contributed by atoms with Gasteiger partial charge in [-0.2, -0.15) is 0 Å². The highest BCUT2D eigenvalue weighted by atomic mass is 35.5. The molecule has 0 unspecified atom stereocenters. The van der Waals surface area contributed by atoms with Crippen molar-refractivity contribution in [3.8, 4) is 0 Å². The molecule has 19 heavy (non-hydrogen) atoms. The van der Waals surface area contributed by atoms with E-state index in [1.165, 1.54) is 32.1 Å². The van der Waals surface area contributed by atoms with Crippen LogP contribution < -0.4 is 5.32 Å². The van der Waals surface area contributed by atoms with Gasteiger partial charge in [0.1, 0.15) is 0 Å². The first-order chi connectivity index (χ1) is 9.31. The summed E-state index contributed by atoms with van der Waals surface area (Å²) >= 11 is 7.88. The second-order valence-electron chi connectivity index (χ2n) is 5.62. The first-order valence-corrected chi connectivity index (χ1v) is 8.41. The van der Waals surface area contributed by atoms with Crippen LogP contribution in [0.3, 0.4) is 0 Å². The van der Waals surface area contributed by atoms with Crippen molar-refractivity contribution < 1.29 is 0 Å². The van der Waals surface area contributed by atoms with E-state index in [0.29, 0.717) is 5.41 Å². The average molecular weight is 298 g/mol. The number of alkyl halides is 1. The minimum Gasteiger partial charge on any atom is -0.311 e. The van der Waals surface area contributed by atoms with Crippen molar-refractivity contribution in [2.45, 2.75) is 38.6 Å². The Morgan fingerprint density at radius 3 is 2.95 bits per heavy atom. The van der Waals surface area contributed by atoms with Gasteiger partial charge in [-0.15, -0.1) is 22.9 Å². The summed E-state index contributed by atoms with van der Waals surface area (Å²) in [7, 11) is 0. The summed E-state index contributed by atoms with van der Waals surface area (Å²) in [6.45, 7) is 1.86. The first kappa shape index (κ1) is 13.4. The maximum atomic E-state index is 6.21. The van der Waals surface area contributed by atoms with Gasteiger partial charge in [0.25, 0.3) is 0 Å². The smallest absolute Gasteiger partial charge is 0.193 e. The molecule has 3 nitrogen and oxygen atoms in total. The van der Waals surface area contributed by atoms with Gasteiger partial charge in [-0.25, -0.2) is 4.98 Å². The minimum atomic E-state index is 0.316. The van der Waals surface area contributed by atoms with Gasteiger partial charge in [0.15, 0.2) is 4.96 Å². The molecule has 0 radical (unpaired) electrons. The Balaban J connectivity index is 1.55. The standard InChI is InChI=1S/C14H20ClN3S/c15-10-14(4-2-1-3-5-14)11-16-8-12-9-18-6-7-19-13(18)17-12/h6-7,9,16H,1-5,8,10-11H2. The van der Waals surface area contributed by atoms with E-state index in [4.69, 9.17) is 11.6 Å². The van der Waals surface area contributed by atoms with Crippen LogP contribution in [0.5, 0.6) is 0 Å². The summed E-state index contributed by atoms with van der Waals surface area (Å²) in [5.41, 5.74) is 1.43. The molecule has 0 atom stereocenters. The number of imidazole rings is 1. The number of nitrogens with zero attached hydrogens (tertiary/aromatic N) is 2. The maximum absolute atomic E-state index is 6.21. The predicted octanol–water partition coefficient (Wildman–Crippen LogP) is 3.67. The molecule has 2 heterocycles. The number of thiazole rings is 1. The van der Waals surface area contributed by atoms with E-state index in [0.717, 1.165) is 29.6 Å². The molecule has 3 rings (SSSR count). The lowest BCUT2D eigenvalue weighted by Crippen LogP contribution is -2.37. The fourth-order valence-electron chi connectivity index (χ4n) is 2.98. The van der Waals surface area contributed by atoms with Gasteiger partial charge in [0, 0.05) is 36.7 Å². The minimum absolute atomic E-state index is 0.316. The van der Waals surface area contributed by atoms with Gasteiger partial charge in [0.05, 0.1) is 5.69 Å². The fraction of sp³-hybridized carbons (Fsp3) is 0.643. The van der Waals surface area contributed by atoms with E-state index in [-0.39, 0.29) is 0 Å². The molecular formula is C14H20ClN3S. The molecule has 1 saturated carbocycles. The number of rotatable bonds is 5. The van der Waals surface area contributed by atoms with Crippen LogP contribution in [0.1, 0.15) is 37.8 Å². The van der Waals surface area contributed by atoms with Gasteiger partial charge in [0.2, 0.25) is 0 Å². The normalized spacial score (nSPS) is 19.0. The van der Waals surface area contributed by atoms with Crippen molar-refractivity contribution in [2.24, 2.45) is 5.41 Å². The average Bonchev–Trinajstić information content (AvgIpc) is 3.01. The molecule has 2 aromatic rings. The summed E-state index contributed by atoms with van der Waals surface area (Å²) in [4.78, 5) is 5.66. The topological polar surface area (TPSA) is 29.3 Å². The van der Waals surface area contributed by atoms with E-state index < -0.39 is 0 Å². The summed E-state index contributed by atoms with van der Waals surface area (Å²) < 4.78 is 2.08. The highest BCUT2D eigenvalue weighted by Gasteiger charge is 2.30. The zero-order valence-corrected chi connectivity index (χ0v) is 12.6. The van der Waals surface area contributed by atoms with Crippen LogP contribution >= 0.6 is 22.9 Å². The molecule has 1 aliphatic carbocycles. The fourth-order valence-corrected chi connectivity index (χ4v) is 4.06. The zero-order valence-electron chi connectivity index (χ0n) is 11.1. The van der Waals surface area contributed by atoms with E-state index >= 15 is 0 Å². The Kier molecular flexibility index (Phi) is 4.10. The van der Waals surface area contributed by atoms with E-state index in [9.17, 15) is 0 Å². The SMILES string of the molecule is ClCC1(CNCc2cn3ccsc3n2)CCCCC1. The third kappa shape index (κ3) is 2.96. The lowest BCUT2D eigenvalue weighted by Gasteiger charge is -2.35. The largest absolute Gasteiger partial charge is 0.311 e. The van der Waals surface area contributed by atoms with Crippen LogP contribution in [0, 0.1) is 5.41 Å². The highest BCUT2D eigenvalue weighted by Crippen LogP contribution is 2.36. The molecule has 0 aromatic carbocycles. The monoisotopic (exact) mass is 297 g/mol. The number of nitrogens with one attached hydrogen (secondary N) is 1. The van der Waals surface area contributed by atoms with Crippen molar-refractivity contribution in [3.05, 3.63) is 23.5 Å². The molecule has 1 aliphatic rings. The Hall–Kier alpha value is -0.580. The van der Waals surface area contributed by atoms with Crippen LogP contribution in [-0.4, -0.2) is 21.8 Å². The van der Waals surface area contributed by atoms with E-state index in [2.05, 4.69) is 32.5 Å². The zero-order chi connectivity index (χ0) is 13.1. The Morgan fingerprint density at radius 2 is 2.21 bits per heavy atom. The molecule has 0 spiro atoms.